The van der Waals surface area contributed by atoms with E-state index in [0.29, 0.717) is 24.0 Å². The van der Waals surface area contributed by atoms with E-state index in [1.165, 1.54) is 22.3 Å². The number of nitrogens with zero attached hydrogens (tertiary/aromatic N) is 3. The van der Waals surface area contributed by atoms with Gasteiger partial charge in [0.25, 0.3) is 0 Å². The predicted molar refractivity (Wildman–Crippen MR) is 93.9 cm³/mol. The summed E-state index contributed by atoms with van der Waals surface area (Å²) in [6.45, 7) is 6.87. The maximum atomic E-state index is 12.1. The standard InChI is InChI=1S/C17H20N4OS/c1-11(2)16-19-20-17(23-16)18-15(22)8-10-21-9-7-13-12(3)5-4-6-14(13)21/h4-7,9,11H,8,10H2,1-3H3,(H,18,20,22). The number of rotatable bonds is 5. The summed E-state index contributed by atoms with van der Waals surface area (Å²) in [5, 5.41) is 13.7. The van der Waals surface area contributed by atoms with Crippen molar-refractivity contribution in [3.63, 3.8) is 0 Å². The predicted octanol–water partition coefficient (Wildman–Crippen LogP) is 3.95. The SMILES string of the molecule is Cc1cccc2c1ccn2CCC(=O)Nc1nnc(C(C)C)s1. The summed E-state index contributed by atoms with van der Waals surface area (Å²) in [5.74, 6) is 0.290. The van der Waals surface area contributed by atoms with Gasteiger partial charge in [-0.1, -0.05) is 37.3 Å². The molecule has 0 saturated heterocycles. The molecule has 1 aromatic carbocycles. The Bertz CT molecular complexity index is 834. The van der Waals surface area contributed by atoms with Crippen molar-refractivity contribution in [3.8, 4) is 0 Å². The highest BCUT2D eigenvalue weighted by molar-refractivity contribution is 7.15. The lowest BCUT2D eigenvalue weighted by molar-refractivity contribution is -0.116. The smallest absolute Gasteiger partial charge is 0.227 e. The first-order valence-corrected chi connectivity index (χ1v) is 8.54. The lowest BCUT2D eigenvalue weighted by Crippen LogP contribution is -2.14. The Morgan fingerprint density at radius 1 is 1.30 bits per heavy atom. The maximum Gasteiger partial charge on any atom is 0.227 e. The second-order valence-corrected chi connectivity index (χ2v) is 6.92. The van der Waals surface area contributed by atoms with Crippen LogP contribution in [0.15, 0.2) is 30.5 Å². The van der Waals surface area contributed by atoms with E-state index in [0.717, 1.165) is 10.5 Å². The van der Waals surface area contributed by atoms with Gasteiger partial charge in [0.05, 0.1) is 0 Å². The van der Waals surface area contributed by atoms with Crippen molar-refractivity contribution in [1.29, 1.82) is 0 Å². The van der Waals surface area contributed by atoms with Gasteiger partial charge in [-0.25, -0.2) is 0 Å². The molecule has 3 rings (SSSR count). The van der Waals surface area contributed by atoms with Crippen LogP contribution in [0.25, 0.3) is 10.9 Å². The Morgan fingerprint density at radius 2 is 2.13 bits per heavy atom. The number of benzene rings is 1. The van der Waals surface area contributed by atoms with Crippen molar-refractivity contribution in [2.24, 2.45) is 0 Å². The number of amides is 1. The molecule has 1 N–H and O–H groups in total. The van der Waals surface area contributed by atoms with Crippen LogP contribution >= 0.6 is 11.3 Å². The molecule has 6 heteroatoms. The van der Waals surface area contributed by atoms with Gasteiger partial charge in [0.15, 0.2) is 0 Å². The molecular weight excluding hydrogens is 308 g/mol. The van der Waals surface area contributed by atoms with Crippen molar-refractivity contribution in [1.82, 2.24) is 14.8 Å². The van der Waals surface area contributed by atoms with Gasteiger partial charge in [-0.3, -0.25) is 4.79 Å². The highest BCUT2D eigenvalue weighted by Crippen LogP contribution is 2.23. The van der Waals surface area contributed by atoms with E-state index in [1.54, 1.807) is 0 Å². The first-order chi connectivity index (χ1) is 11.0. The molecule has 120 valence electrons. The Balaban J connectivity index is 1.63. The monoisotopic (exact) mass is 328 g/mol. The zero-order valence-corrected chi connectivity index (χ0v) is 14.4. The molecule has 5 nitrogen and oxygen atoms in total. The molecule has 2 heterocycles. The molecule has 0 bridgehead atoms. The average molecular weight is 328 g/mol. The maximum absolute atomic E-state index is 12.1. The Hall–Kier alpha value is -2.21. The van der Waals surface area contributed by atoms with Gasteiger partial charge in [0.2, 0.25) is 11.0 Å². The van der Waals surface area contributed by atoms with Crippen LogP contribution in [0.5, 0.6) is 0 Å². The van der Waals surface area contributed by atoms with Crippen molar-refractivity contribution in [3.05, 3.63) is 41.0 Å². The number of hydrogen-bond donors (Lipinski definition) is 1. The Kier molecular flexibility index (Phi) is 4.43. The third kappa shape index (κ3) is 3.42. The molecule has 2 aromatic heterocycles. The van der Waals surface area contributed by atoms with Crippen molar-refractivity contribution in [2.75, 3.05) is 5.32 Å². The van der Waals surface area contributed by atoms with Gasteiger partial charge in [-0.2, -0.15) is 0 Å². The molecule has 0 aliphatic carbocycles. The molecule has 0 saturated carbocycles. The van der Waals surface area contributed by atoms with Crippen molar-refractivity contribution < 1.29 is 4.79 Å². The number of nitrogens with one attached hydrogen (secondary N) is 1. The third-order valence-electron chi connectivity index (χ3n) is 3.79. The first-order valence-electron chi connectivity index (χ1n) is 7.72. The van der Waals surface area contributed by atoms with Crippen molar-refractivity contribution in [2.45, 2.75) is 39.7 Å². The summed E-state index contributed by atoms with van der Waals surface area (Å²) < 4.78 is 2.11. The highest BCUT2D eigenvalue weighted by atomic mass is 32.1. The Labute approximate surface area is 139 Å². The molecule has 0 aliphatic heterocycles. The lowest BCUT2D eigenvalue weighted by Gasteiger charge is -2.06. The molecule has 0 atom stereocenters. The minimum absolute atomic E-state index is 0.0361. The number of aryl methyl sites for hydroxylation is 2. The van der Waals surface area contributed by atoms with Gasteiger partial charge in [0.1, 0.15) is 5.01 Å². The number of carbonyl (C=O) groups excluding carboxylic acids is 1. The molecule has 3 aromatic rings. The van der Waals surface area contributed by atoms with Crippen molar-refractivity contribution >= 4 is 33.3 Å². The number of aromatic nitrogens is 3. The summed E-state index contributed by atoms with van der Waals surface area (Å²) in [6, 6.07) is 8.33. The van der Waals surface area contributed by atoms with Crippen LogP contribution in [-0.4, -0.2) is 20.7 Å². The second kappa shape index (κ2) is 6.50. The summed E-state index contributed by atoms with van der Waals surface area (Å²) >= 11 is 1.44. The average Bonchev–Trinajstić information content (AvgIpc) is 3.13. The minimum Gasteiger partial charge on any atom is -0.347 e. The first kappa shape index (κ1) is 15.7. The highest BCUT2D eigenvalue weighted by Gasteiger charge is 2.11. The fourth-order valence-electron chi connectivity index (χ4n) is 2.49. The fraction of sp³-hybridized carbons (Fsp3) is 0.353. The molecule has 23 heavy (non-hydrogen) atoms. The summed E-state index contributed by atoms with van der Waals surface area (Å²) in [5.41, 5.74) is 2.41. The summed E-state index contributed by atoms with van der Waals surface area (Å²) in [6.07, 6.45) is 2.45. The van der Waals surface area contributed by atoms with Crippen LogP contribution in [0, 0.1) is 6.92 Å². The van der Waals surface area contributed by atoms with Gasteiger partial charge in [-0.05, 0) is 24.6 Å². The van der Waals surface area contributed by atoms with E-state index in [4.69, 9.17) is 0 Å². The Morgan fingerprint density at radius 3 is 2.87 bits per heavy atom. The van der Waals surface area contributed by atoms with E-state index >= 15 is 0 Å². The van der Waals surface area contributed by atoms with E-state index in [2.05, 4.69) is 59.1 Å². The van der Waals surface area contributed by atoms with Crippen LogP contribution in [0.4, 0.5) is 5.13 Å². The molecule has 0 unspecified atom stereocenters. The minimum atomic E-state index is -0.0361. The van der Waals surface area contributed by atoms with Gasteiger partial charge < -0.3 is 9.88 Å². The quantitative estimate of drug-likeness (QED) is 0.771. The largest absolute Gasteiger partial charge is 0.347 e. The zero-order valence-electron chi connectivity index (χ0n) is 13.5. The molecular formula is C17H20N4OS. The lowest BCUT2D eigenvalue weighted by atomic mass is 10.1. The summed E-state index contributed by atoms with van der Waals surface area (Å²) in [7, 11) is 0. The third-order valence-corrected chi connectivity index (χ3v) is 4.93. The summed E-state index contributed by atoms with van der Waals surface area (Å²) in [4.78, 5) is 12.1. The molecule has 0 spiro atoms. The van der Waals surface area contributed by atoms with E-state index in [9.17, 15) is 4.79 Å². The van der Waals surface area contributed by atoms with Gasteiger partial charge >= 0.3 is 0 Å². The zero-order chi connectivity index (χ0) is 16.4. The van der Waals surface area contributed by atoms with Crippen LogP contribution < -0.4 is 5.32 Å². The number of hydrogen-bond acceptors (Lipinski definition) is 4. The van der Waals surface area contributed by atoms with Crippen LogP contribution in [0.1, 0.15) is 36.8 Å². The normalized spacial score (nSPS) is 11.3. The number of carbonyl (C=O) groups is 1. The second-order valence-electron chi connectivity index (χ2n) is 5.92. The number of anilines is 1. The fourth-order valence-corrected chi connectivity index (χ4v) is 3.26. The topological polar surface area (TPSA) is 59.8 Å². The van der Waals surface area contributed by atoms with Crippen LogP contribution in [0.2, 0.25) is 0 Å². The number of fused-ring (bicyclic) bond motifs is 1. The van der Waals surface area contributed by atoms with Gasteiger partial charge in [0, 0.05) is 36.0 Å². The molecule has 0 radical (unpaired) electrons. The van der Waals surface area contributed by atoms with Crippen LogP contribution in [-0.2, 0) is 11.3 Å². The molecule has 0 fully saturated rings. The molecule has 1 amide bonds. The van der Waals surface area contributed by atoms with Gasteiger partial charge in [-0.15, -0.1) is 10.2 Å². The van der Waals surface area contributed by atoms with E-state index < -0.39 is 0 Å². The van der Waals surface area contributed by atoms with E-state index in [-0.39, 0.29) is 5.91 Å². The molecule has 0 aliphatic rings. The van der Waals surface area contributed by atoms with E-state index in [1.807, 2.05) is 12.3 Å². The van der Waals surface area contributed by atoms with Crippen LogP contribution in [0.3, 0.4) is 0 Å².